The van der Waals surface area contributed by atoms with Gasteiger partial charge in [-0.05, 0) is 12.1 Å². The Morgan fingerprint density at radius 3 is 2.32 bits per heavy atom. The Hall–Kier alpha value is -2.02. The van der Waals surface area contributed by atoms with Gasteiger partial charge in [0, 0.05) is 24.6 Å². The molecule has 0 aliphatic carbocycles. The summed E-state index contributed by atoms with van der Waals surface area (Å²) >= 11 is 0. The third-order valence-electron chi connectivity index (χ3n) is 2.93. The van der Waals surface area contributed by atoms with E-state index in [4.69, 9.17) is 5.11 Å². The molecule has 1 heterocycles. The highest BCUT2D eigenvalue weighted by molar-refractivity contribution is 5.97. The Morgan fingerprint density at radius 1 is 1.21 bits per heavy atom. The van der Waals surface area contributed by atoms with Crippen LogP contribution in [0.1, 0.15) is 16.8 Å². The fourth-order valence-corrected chi connectivity index (χ4v) is 2.12. The summed E-state index contributed by atoms with van der Waals surface area (Å²) in [5.74, 6) is -3.92. The minimum absolute atomic E-state index is 0.0983. The van der Waals surface area contributed by atoms with Gasteiger partial charge in [-0.1, -0.05) is 0 Å². The van der Waals surface area contributed by atoms with E-state index in [-0.39, 0.29) is 18.5 Å². The number of hydrogen-bond acceptors (Lipinski definition) is 3. The van der Waals surface area contributed by atoms with E-state index in [0.717, 1.165) is 17.0 Å². The summed E-state index contributed by atoms with van der Waals surface area (Å²) < 4.78 is 26.1. The fraction of sp³-hybridized carbons (Fsp3) is 0.333. The highest BCUT2D eigenvalue weighted by Crippen LogP contribution is 2.21. The molecule has 1 aliphatic rings. The van der Waals surface area contributed by atoms with Crippen LogP contribution in [0.15, 0.2) is 18.2 Å². The van der Waals surface area contributed by atoms with Crippen molar-refractivity contribution in [2.24, 2.45) is 0 Å². The number of β-amino-alcohol motifs (C(OH)–C–C–N with tert-alkyl or cyclic N) is 1. The molecule has 1 aromatic rings. The number of benzene rings is 1. The summed E-state index contributed by atoms with van der Waals surface area (Å²) in [7, 11) is 0. The minimum Gasteiger partial charge on any atom is -0.480 e. The summed E-state index contributed by atoms with van der Waals surface area (Å²) in [4.78, 5) is 23.9. The Bertz CT molecular complexity index is 514. The topological polar surface area (TPSA) is 77.8 Å². The summed E-state index contributed by atoms with van der Waals surface area (Å²) in [6, 6.07) is 1.09. The molecule has 0 radical (unpaired) electrons. The van der Waals surface area contributed by atoms with E-state index in [2.05, 4.69) is 0 Å². The van der Waals surface area contributed by atoms with Gasteiger partial charge in [0.1, 0.15) is 17.7 Å². The minimum atomic E-state index is -1.26. The average Bonchev–Trinajstić information content (AvgIpc) is 2.69. The zero-order chi connectivity index (χ0) is 14.2. The number of aliphatic carboxylic acids is 1. The summed E-state index contributed by atoms with van der Waals surface area (Å²) in [5, 5.41) is 18.4. The van der Waals surface area contributed by atoms with E-state index < -0.39 is 35.7 Å². The van der Waals surface area contributed by atoms with Crippen LogP contribution < -0.4 is 0 Å². The number of carboxylic acids is 1. The molecular formula is C12H11F2NO4. The number of carboxylic acid groups (broad SMARTS) is 1. The van der Waals surface area contributed by atoms with Gasteiger partial charge < -0.3 is 15.1 Å². The third kappa shape index (κ3) is 2.70. The number of likely N-dealkylation sites (tertiary alicyclic amines) is 1. The molecule has 1 aromatic carbocycles. The van der Waals surface area contributed by atoms with Crippen LogP contribution in [0, 0.1) is 11.6 Å². The lowest BCUT2D eigenvalue weighted by molar-refractivity contribution is -0.141. The molecule has 1 amide bonds. The standard InChI is InChI=1S/C12H11F2NO4/c13-7-1-6(2-8(14)3-7)11(17)15-5-9(16)4-10(15)12(18)19/h1-3,9-10,16H,4-5H2,(H,18,19)/t9?,10-/m0/s1. The molecule has 1 fully saturated rings. The van der Waals surface area contributed by atoms with E-state index in [1.807, 2.05) is 0 Å². The summed E-state index contributed by atoms with van der Waals surface area (Å²) in [6.07, 6.45) is -1.05. The maximum absolute atomic E-state index is 13.0. The lowest BCUT2D eigenvalue weighted by Crippen LogP contribution is -2.40. The van der Waals surface area contributed by atoms with Gasteiger partial charge in [-0.3, -0.25) is 4.79 Å². The van der Waals surface area contributed by atoms with Crippen LogP contribution in [0.2, 0.25) is 0 Å². The van der Waals surface area contributed by atoms with Gasteiger partial charge in [0.25, 0.3) is 5.91 Å². The molecule has 2 rings (SSSR count). The van der Waals surface area contributed by atoms with Crippen LogP contribution in [0.3, 0.4) is 0 Å². The van der Waals surface area contributed by atoms with E-state index in [1.54, 1.807) is 0 Å². The molecule has 2 N–H and O–H groups in total. The number of rotatable bonds is 2. The molecule has 1 unspecified atom stereocenters. The van der Waals surface area contributed by atoms with Crippen LogP contribution in [0.25, 0.3) is 0 Å². The van der Waals surface area contributed by atoms with Gasteiger partial charge in [-0.25, -0.2) is 13.6 Å². The van der Waals surface area contributed by atoms with Crippen LogP contribution in [-0.2, 0) is 4.79 Å². The molecule has 5 nitrogen and oxygen atoms in total. The van der Waals surface area contributed by atoms with E-state index >= 15 is 0 Å². The predicted molar refractivity (Wildman–Crippen MR) is 59.4 cm³/mol. The van der Waals surface area contributed by atoms with Crippen molar-refractivity contribution < 1.29 is 28.6 Å². The highest BCUT2D eigenvalue weighted by Gasteiger charge is 2.39. The second-order valence-corrected chi connectivity index (χ2v) is 4.36. The lowest BCUT2D eigenvalue weighted by atomic mass is 10.1. The first-order valence-electron chi connectivity index (χ1n) is 5.56. The van der Waals surface area contributed by atoms with Crippen molar-refractivity contribution in [2.75, 3.05) is 6.54 Å². The summed E-state index contributed by atoms with van der Waals surface area (Å²) in [6.45, 7) is -0.173. The second-order valence-electron chi connectivity index (χ2n) is 4.36. The molecule has 0 spiro atoms. The number of hydrogen-bond donors (Lipinski definition) is 2. The van der Waals surface area contributed by atoms with E-state index in [1.165, 1.54) is 0 Å². The van der Waals surface area contributed by atoms with Gasteiger partial charge >= 0.3 is 5.97 Å². The summed E-state index contributed by atoms with van der Waals surface area (Å²) in [5.41, 5.74) is -0.280. The number of halogens is 2. The molecular weight excluding hydrogens is 260 g/mol. The first-order chi connectivity index (χ1) is 8.88. The van der Waals surface area contributed by atoms with Crippen LogP contribution in [0.4, 0.5) is 8.78 Å². The van der Waals surface area contributed by atoms with Crippen molar-refractivity contribution >= 4 is 11.9 Å². The third-order valence-corrected chi connectivity index (χ3v) is 2.93. The van der Waals surface area contributed by atoms with Crippen molar-refractivity contribution in [3.63, 3.8) is 0 Å². The molecule has 7 heteroatoms. The quantitative estimate of drug-likeness (QED) is 0.826. The van der Waals surface area contributed by atoms with Crippen molar-refractivity contribution in [3.8, 4) is 0 Å². The molecule has 102 valence electrons. The smallest absolute Gasteiger partial charge is 0.326 e. The Balaban J connectivity index is 2.30. The maximum Gasteiger partial charge on any atom is 0.326 e. The fourth-order valence-electron chi connectivity index (χ4n) is 2.12. The largest absolute Gasteiger partial charge is 0.480 e. The van der Waals surface area contributed by atoms with Crippen LogP contribution in [-0.4, -0.2) is 45.7 Å². The van der Waals surface area contributed by atoms with Gasteiger partial charge in [0.2, 0.25) is 0 Å². The van der Waals surface area contributed by atoms with Crippen molar-refractivity contribution in [3.05, 3.63) is 35.4 Å². The highest BCUT2D eigenvalue weighted by atomic mass is 19.1. The number of nitrogens with zero attached hydrogens (tertiary/aromatic N) is 1. The Morgan fingerprint density at radius 2 is 1.79 bits per heavy atom. The molecule has 1 saturated heterocycles. The van der Waals surface area contributed by atoms with Crippen molar-refractivity contribution in [1.29, 1.82) is 0 Å². The number of aliphatic hydroxyl groups excluding tert-OH is 1. The van der Waals surface area contributed by atoms with E-state index in [0.29, 0.717) is 6.07 Å². The first kappa shape index (κ1) is 13.4. The molecule has 0 bridgehead atoms. The van der Waals surface area contributed by atoms with E-state index in [9.17, 15) is 23.5 Å². The average molecular weight is 271 g/mol. The van der Waals surface area contributed by atoms with Gasteiger partial charge in [-0.2, -0.15) is 0 Å². The van der Waals surface area contributed by atoms with Crippen molar-refractivity contribution in [2.45, 2.75) is 18.6 Å². The second kappa shape index (κ2) is 4.93. The zero-order valence-electron chi connectivity index (χ0n) is 9.72. The molecule has 1 aliphatic heterocycles. The SMILES string of the molecule is O=C(O)[C@@H]1CC(O)CN1C(=O)c1cc(F)cc(F)c1. The van der Waals surface area contributed by atoms with Crippen LogP contribution in [0.5, 0.6) is 0 Å². The molecule has 0 aromatic heterocycles. The molecule has 2 atom stereocenters. The maximum atomic E-state index is 13.0. The number of amides is 1. The first-order valence-corrected chi connectivity index (χ1v) is 5.56. The Kier molecular flexibility index (Phi) is 3.48. The number of carbonyl (C=O) groups is 2. The molecule has 19 heavy (non-hydrogen) atoms. The van der Waals surface area contributed by atoms with Crippen LogP contribution >= 0.6 is 0 Å². The number of carbonyl (C=O) groups excluding carboxylic acids is 1. The predicted octanol–water partition coefficient (Wildman–Crippen LogP) is 0.625. The zero-order valence-corrected chi connectivity index (χ0v) is 9.72. The van der Waals surface area contributed by atoms with Gasteiger partial charge in [-0.15, -0.1) is 0 Å². The van der Waals surface area contributed by atoms with Gasteiger partial charge in [0.05, 0.1) is 6.10 Å². The van der Waals surface area contributed by atoms with Gasteiger partial charge in [0.15, 0.2) is 0 Å². The Labute approximate surface area is 107 Å². The van der Waals surface area contributed by atoms with Crippen molar-refractivity contribution in [1.82, 2.24) is 4.90 Å². The normalized spacial score (nSPS) is 22.6. The molecule has 0 saturated carbocycles. The monoisotopic (exact) mass is 271 g/mol. The number of aliphatic hydroxyl groups is 1. The lowest BCUT2D eigenvalue weighted by Gasteiger charge is -2.21.